The molecule has 1 aromatic heterocycles. The number of ketones is 1. The van der Waals surface area contributed by atoms with Crippen LogP contribution < -0.4 is 9.47 Å². The molecule has 0 saturated heterocycles. The van der Waals surface area contributed by atoms with Gasteiger partial charge in [-0.1, -0.05) is 30.3 Å². The van der Waals surface area contributed by atoms with Gasteiger partial charge in [-0.2, -0.15) is 0 Å². The number of allylic oxidation sites excluding steroid dienone is 1. The first kappa shape index (κ1) is 18.9. The summed E-state index contributed by atoms with van der Waals surface area (Å²) in [4.78, 5) is 14.6. The van der Waals surface area contributed by atoms with Crippen LogP contribution in [0.25, 0.3) is 6.08 Å². The SMILES string of the molecule is COc1ccc(/C=C/C(=O)c2cc(C)sc2C)cc1COc1ccccc1. The van der Waals surface area contributed by atoms with Crippen LogP contribution in [0.3, 0.4) is 0 Å². The highest BCUT2D eigenvalue weighted by molar-refractivity contribution is 7.12. The lowest BCUT2D eigenvalue weighted by Crippen LogP contribution is -1.99. The Bertz CT molecular complexity index is 955. The van der Waals surface area contributed by atoms with Crippen LogP contribution in [-0.4, -0.2) is 12.9 Å². The second kappa shape index (κ2) is 8.69. The summed E-state index contributed by atoms with van der Waals surface area (Å²) in [6.45, 7) is 4.39. The third-order valence-corrected chi connectivity index (χ3v) is 5.14. The zero-order valence-corrected chi connectivity index (χ0v) is 16.5. The smallest absolute Gasteiger partial charge is 0.186 e. The lowest BCUT2D eigenvalue weighted by atomic mass is 10.1. The van der Waals surface area contributed by atoms with Gasteiger partial charge in [0.2, 0.25) is 0 Å². The largest absolute Gasteiger partial charge is 0.496 e. The van der Waals surface area contributed by atoms with Gasteiger partial charge in [-0.05, 0) is 55.8 Å². The lowest BCUT2D eigenvalue weighted by Gasteiger charge is -2.11. The van der Waals surface area contributed by atoms with Gasteiger partial charge in [-0.25, -0.2) is 0 Å². The predicted octanol–water partition coefficient (Wildman–Crippen LogP) is 5.85. The molecule has 1 heterocycles. The average molecular weight is 378 g/mol. The molecule has 3 nitrogen and oxygen atoms in total. The number of aryl methyl sites for hydroxylation is 2. The highest BCUT2D eigenvalue weighted by Crippen LogP contribution is 2.24. The summed E-state index contributed by atoms with van der Waals surface area (Å²) < 4.78 is 11.3. The van der Waals surface area contributed by atoms with Gasteiger partial charge in [0.25, 0.3) is 0 Å². The number of hydrogen-bond acceptors (Lipinski definition) is 4. The Labute approximate surface area is 163 Å². The van der Waals surface area contributed by atoms with E-state index in [1.807, 2.05) is 74.5 Å². The normalized spacial score (nSPS) is 10.9. The minimum atomic E-state index is 0.0229. The molecule has 0 fully saturated rings. The van der Waals surface area contributed by atoms with Crippen LogP contribution in [0.2, 0.25) is 0 Å². The molecule has 0 unspecified atom stereocenters. The molecule has 27 heavy (non-hydrogen) atoms. The number of para-hydroxylation sites is 1. The zero-order valence-electron chi connectivity index (χ0n) is 15.7. The minimum Gasteiger partial charge on any atom is -0.496 e. The molecular weight excluding hydrogens is 356 g/mol. The maximum atomic E-state index is 12.4. The number of benzene rings is 2. The molecule has 0 saturated carbocycles. The lowest BCUT2D eigenvalue weighted by molar-refractivity contribution is 0.104. The number of methoxy groups -OCH3 is 1. The van der Waals surface area contributed by atoms with Crippen LogP contribution in [0, 0.1) is 13.8 Å². The third-order valence-electron chi connectivity index (χ3n) is 4.18. The fourth-order valence-electron chi connectivity index (χ4n) is 2.83. The van der Waals surface area contributed by atoms with Crippen LogP contribution in [0.15, 0.2) is 60.7 Å². The molecule has 4 heteroatoms. The van der Waals surface area contributed by atoms with E-state index in [-0.39, 0.29) is 5.78 Å². The second-order valence-electron chi connectivity index (χ2n) is 6.20. The molecule has 0 radical (unpaired) electrons. The molecule has 2 aromatic carbocycles. The molecule has 0 aliphatic rings. The number of ether oxygens (including phenoxy) is 2. The molecule has 0 N–H and O–H groups in total. The van der Waals surface area contributed by atoms with Gasteiger partial charge in [0.15, 0.2) is 5.78 Å². The van der Waals surface area contributed by atoms with Crippen molar-refractivity contribution < 1.29 is 14.3 Å². The average Bonchev–Trinajstić information content (AvgIpc) is 3.03. The number of rotatable bonds is 7. The minimum absolute atomic E-state index is 0.0229. The first-order valence-corrected chi connectivity index (χ1v) is 9.52. The van der Waals surface area contributed by atoms with E-state index in [0.717, 1.165) is 37.9 Å². The summed E-state index contributed by atoms with van der Waals surface area (Å²) in [7, 11) is 1.64. The van der Waals surface area contributed by atoms with E-state index in [0.29, 0.717) is 6.61 Å². The van der Waals surface area contributed by atoms with Crippen molar-refractivity contribution in [2.24, 2.45) is 0 Å². The van der Waals surface area contributed by atoms with Crippen molar-refractivity contribution >= 4 is 23.2 Å². The summed E-state index contributed by atoms with van der Waals surface area (Å²) in [6, 6.07) is 17.4. The summed E-state index contributed by atoms with van der Waals surface area (Å²) in [5.74, 6) is 1.59. The van der Waals surface area contributed by atoms with Gasteiger partial charge in [-0.15, -0.1) is 11.3 Å². The van der Waals surface area contributed by atoms with E-state index in [2.05, 4.69) is 0 Å². The van der Waals surface area contributed by atoms with Crippen molar-refractivity contribution in [2.45, 2.75) is 20.5 Å². The topological polar surface area (TPSA) is 35.5 Å². The predicted molar refractivity (Wildman–Crippen MR) is 111 cm³/mol. The van der Waals surface area contributed by atoms with Crippen molar-refractivity contribution in [2.75, 3.05) is 7.11 Å². The fourth-order valence-corrected chi connectivity index (χ4v) is 3.76. The Kier molecular flexibility index (Phi) is 6.09. The third kappa shape index (κ3) is 4.86. The number of thiophene rings is 1. The van der Waals surface area contributed by atoms with Gasteiger partial charge >= 0.3 is 0 Å². The maximum absolute atomic E-state index is 12.4. The first-order valence-electron chi connectivity index (χ1n) is 8.71. The van der Waals surface area contributed by atoms with E-state index in [1.54, 1.807) is 24.5 Å². The Morgan fingerprint density at radius 3 is 2.52 bits per heavy atom. The summed E-state index contributed by atoms with van der Waals surface area (Å²) >= 11 is 1.64. The molecule has 0 spiro atoms. The molecule has 0 bridgehead atoms. The Hall–Kier alpha value is -2.85. The van der Waals surface area contributed by atoms with Gasteiger partial charge in [0, 0.05) is 20.9 Å². The van der Waals surface area contributed by atoms with E-state index in [1.165, 1.54) is 0 Å². The van der Waals surface area contributed by atoms with Crippen LogP contribution >= 0.6 is 11.3 Å². The van der Waals surface area contributed by atoms with Crippen LogP contribution in [0.1, 0.15) is 31.2 Å². The molecule has 0 aliphatic heterocycles. The van der Waals surface area contributed by atoms with Crippen LogP contribution in [-0.2, 0) is 6.61 Å². The van der Waals surface area contributed by atoms with Crippen molar-refractivity contribution in [3.8, 4) is 11.5 Å². The Balaban J connectivity index is 1.76. The van der Waals surface area contributed by atoms with Gasteiger partial charge in [0.05, 0.1) is 7.11 Å². The molecule has 3 rings (SSSR count). The van der Waals surface area contributed by atoms with Crippen molar-refractivity contribution in [3.05, 3.63) is 87.1 Å². The van der Waals surface area contributed by atoms with Crippen LogP contribution in [0.4, 0.5) is 0 Å². The molecular formula is C23H22O3S. The van der Waals surface area contributed by atoms with E-state index in [9.17, 15) is 4.79 Å². The number of hydrogen-bond donors (Lipinski definition) is 0. The highest BCUT2D eigenvalue weighted by atomic mass is 32.1. The van der Waals surface area contributed by atoms with E-state index >= 15 is 0 Å². The monoisotopic (exact) mass is 378 g/mol. The molecule has 0 atom stereocenters. The van der Waals surface area contributed by atoms with Gasteiger partial charge in [-0.3, -0.25) is 4.79 Å². The maximum Gasteiger partial charge on any atom is 0.186 e. The molecule has 0 aliphatic carbocycles. The van der Waals surface area contributed by atoms with Gasteiger partial charge < -0.3 is 9.47 Å². The van der Waals surface area contributed by atoms with Gasteiger partial charge in [0.1, 0.15) is 18.1 Å². The van der Waals surface area contributed by atoms with Crippen molar-refractivity contribution in [1.82, 2.24) is 0 Å². The van der Waals surface area contributed by atoms with Crippen molar-refractivity contribution in [3.63, 3.8) is 0 Å². The fraction of sp³-hybridized carbons (Fsp3) is 0.174. The molecule has 138 valence electrons. The molecule has 3 aromatic rings. The van der Waals surface area contributed by atoms with E-state index < -0.39 is 0 Å². The first-order chi connectivity index (χ1) is 13.1. The summed E-state index contributed by atoms with van der Waals surface area (Å²) in [6.07, 6.45) is 3.46. The summed E-state index contributed by atoms with van der Waals surface area (Å²) in [5, 5.41) is 0. The quantitative estimate of drug-likeness (QED) is 0.382. The highest BCUT2D eigenvalue weighted by Gasteiger charge is 2.09. The Morgan fingerprint density at radius 2 is 1.85 bits per heavy atom. The second-order valence-corrected chi connectivity index (χ2v) is 7.66. The Morgan fingerprint density at radius 1 is 1.07 bits per heavy atom. The van der Waals surface area contributed by atoms with E-state index in [4.69, 9.17) is 9.47 Å². The number of carbonyl (C=O) groups excluding carboxylic acids is 1. The summed E-state index contributed by atoms with van der Waals surface area (Å²) in [5.41, 5.74) is 2.63. The standard InChI is InChI=1S/C23H22O3S/c1-16-13-21(17(2)27-16)22(24)11-9-18-10-12-23(25-3)19(14-18)15-26-20-7-5-4-6-8-20/h4-14H,15H2,1-3H3/b11-9+. The van der Waals surface area contributed by atoms with Crippen LogP contribution in [0.5, 0.6) is 11.5 Å². The molecule has 0 amide bonds. The number of carbonyl (C=O) groups is 1. The zero-order chi connectivity index (χ0) is 19.2. The van der Waals surface area contributed by atoms with Crippen molar-refractivity contribution in [1.29, 1.82) is 0 Å².